The van der Waals surface area contributed by atoms with E-state index in [1.807, 2.05) is 60.7 Å². The molecule has 0 radical (unpaired) electrons. The second-order valence-corrected chi connectivity index (χ2v) is 13.2. The van der Waals surface area contributed by atoms with E-state index < -0.39 is 23.5 Å². The molecule has 2 aromatic heterocycles. The molecule has 0 saturated carbocycles. The Morgan fingerprint density at radius 3 is 1.09 bits per heavy atom. The van der Waals surface area contributed by atoms with Gasteiger partial charge < -0.3 is 9.47 Å². The van der Waals surface area contributed by atoms with Crippen molar-refractivity contribution in [2.45, 2.75) is 12.4 Å². The van der Waals surface area contributed by atoms with Gasteiger partial charge in [0.05, 0.1) is 47.8 Å². The van der Waals surface area contributed by atoms with E-state index in [1.165, 1.54) is 24.3 Å². The molecule has 6 nitrogen and oxygen atoms in total. The van der Waals surface area contributed by atoms with Crippen LogP contribution < -0.4 is 9.47 Å². The Hall–Kier alpha value is -7.08. The number of nitrogens with zero attached hydrogens (tertiary/aromatic N) is 4. The molecule has 0 aliphatic carbocycles. The largest absolute Gasteiger partial charge is 0.497 e. The fraction of sp³-hybridized carbons (Fsp3) is 0.0870. The number of para-hydroxylation sites is 2. The van der Waals surface area contributed by atoms with Crippen LogP contribution in [0.2, 0.25) is 0 Å². The summed E-state index contributed by atoms with van der Waals surface area (Å²) in [5.74, 6) is 1.54. The molecule has 288 valence electrons. The second kappa shape index (κ2) is 15.1. The number of methoxy groups -OCH3 is 2. The minimum Gasteiger partial charge on any atom is -0.497 e. The Labute approximate surface area is 328 Å². The molecule has 12 heteroatoms. The van der Waals surface area contributed by atoms with Crippen molar-refractivity contribution in [3.8, 4) is 34.3 Å². The van der Waals surface area contributed by atoms with Gasteiger partial charge in [-0.1, -0.05) is 84.9 Å². The maximum Gasteiger partial charge on any atom is 0.416 e. The molecule has 0 spiro atoms. The van der Waals surface area contributed by atoms with Crippen molar-refractivity contribution < 1.29 is 35.8 Å². The van der Waals surface area contributed by atoms with Gasteiger partial charge in [0.2, 0.25) is 0 Å². The Kier molecular flexibility index (Phi) is 9.85. The first kappa shape index (κ1) is 37.8. The van der Waals surface area contributed by atoms with Crippen LogP contribution in [0.4, 0.5) is 26.3 Å². The lowest BCUT2D eigenvalue weighted by atomic mass is 9.87. The summed E-state index contributed by atoms with van der Waals surface area (Å²) in [6.07, 6.45) is -9.07. The predicted octanol–water partition coefficient (Wildman–Crippen LogP) is 12.0. The summed E-state index contributed by atoms with van der Waals surface area (Å²) >= 11 is 0. The first-order valence-electron chi connectivity index (χ1n) is 17.8. The number of halogens is 6. The van der Waals surface area contributed by atoms with E-state index in [-0.39, 0.29) is 11.6 Å². The zero-order valence-electron chi connectivity index (χ0n) is 30.7. The molecule has 0 N–H and O–H groups in total. The molecule has 0 amide bonds. The number of alkyl halides is 6. The highest BCUT2D eigenvalue weighted by molar-refractivity contribution is 6.12. The highest BCUT2D eigenvalue weighted by atomic mass is 19.4. The van der Waals surface area contributed by atoms with Gasteiger partial charge in [-0.25, -0.2) is 19.9 Å². The van der Waals surface area contributed by atoms with E-state index >= 15 is 0 Å². The number of aromatic nitrogens is 4. The average Bonchev–Trinajstić information content (AvgIpc) is 3.24. The number of hydrogen-bond donors (Lipinski definition) is 0. The fourth-order valence-corrected chi connectivity index (χ4v) is 6.72. The summed E-state index contributed by atoms with van der Waals surface area (Å²) < 4.78 is 92.7. The van der Waals surface area contributed by atoms with E-state index in [9.17, 15) is 26.3 Å². The molecular formula is C46H30F6N4O2. The molecule has 8 rings (SSSR count). The van der Waals surface area contributed by atoms with Crippen LogP contribution in [0.15, 0.2) is 146 Å². The molecule has 58 heavy (non-hydrogen) atoms. The van der Waals surface area contributed by atoms with Crippen LogP contribution in [-0.2, 0) is 12.4 Å². The Balaban J connectivity index is 1.50. The standard InChI is InChI=1S/C46H30F6N4O2/c1-57-33-23-15-27(16-24-33)39(41-35-7-3-5-9-37(35)53-43(55-41)29-11-19-31(20-12-29)45(47,48)49)40(28-17-25-34(58-2)26-18-28)42-36-8-4-6-10-38(36)54-44(56-42)30-13-21-32(22-14-30)46(50,51)52/h3-26H,1-2H3/b40-39-. The first-order valence-corrected chi connectivity index (χ1v) is 17.8. The summed E-state index contributed by atoms with van der Waals surface area (Å²) in [6.45, 7) is 0. The Morgan fingerprint density at radius 1 is 0.414 bits per heavy atom. The van der Waals surface area contributed by atoms with E-state index in [1.54, 1.807) is 50.6 Å². The Morgan fingerprint density at radius 2 is 0.759 bits per heavy atom. The van der Waals surface area contributed by atoms with Crippen molar-refractivity contribution in [1.82, 2.24) is 19.9 Å². The number of ether oxygens (including phenoxy) is 2. The fourth-order valence-electron chi connectivity index (χ4n) is 6.72. The number of benzene rings is 6. The number of fused-ring (bicyclic) bond motifs is 2. The zero-order valence-corrected chi connectivity index (χ0v) is 30.7. The Bertz CT molecular complexity index is 2610. The molecule has 0 atom stereocenters. The van der Waals surface area contributed by atoms with Crippen molar-refractivity contribution in [2.75, 3.05) is 14.2 Å². The van der Waals surface area contributed by atoms with E-state index in [0.29, 0.717) is 78.1 Å². The maximum absolute atomic E-state index is 13.6. The van der Waals surface area contributed by atoms with Gasteiger partial charge in [-0.2, -0.15) is 26.3 Å². The van der Waals surface area contributed by atoms with Crippen LogP contribution in [0.1, 0.15) is 33.6 Å². The molecule has 2 heterocycles. The van der Waals surface area contributed by atoms with Gasteiger partial charge in [0, 0.05) is 33.0 Å². The van der Waals surface area contributed by atoms with E-state index in [4.69, 9.17) is 29.4 Å². The van der Waals surface area contributed by atoms with Crippen LogP contribution >= 0.6 is 0 Å². The van der Waals surface area contributed by atoms with Gasteiger partial charge >= 0.3 is 12.4 Å². The van der Waals surface area contributed by atoms with Gasteiger partial charge in [-0.15, -0.1) is 0 Å². The third-order valence-electron chi connectivity index (χ3n) is 9.63. The van der Waals surface area contributed by atoms with Gasteiger partial charge in [-0.05, 0) is 71.8 Å². The van der Waals surface area contributed by atoms with E-state index in [2.05, 4.69) is 0 Å². The molecule has 0 aliphatic heterocycles. The first-order chi connectivity index (χ1) is 27.9. The SMILES string of the molecule is COc1ccc(/C(=C(\c2ccc(OC)cc2)c2nc(-c3ccc(C(F)(F)F)cc3)nc3ccccc23)c2nc(-c3ccc(C(F)(F)F)cc3)nc3ccccc23)cc1. The third-order valence-corrected chi connectivity index (χ3v) is 9.63. The zero-order chi connectivity index (χ0) is 40.6. The topological polar surface area (TPSA) is 70.0 Å². The lowest BCUT2D eigenvalue weighted by Crippen LogP contribution is -2.07. The van der Waals surface area contributed by atoms with Crippen LogP contribution in [0.5, 0.6) is 11.5 Å². The summed E-state index contributed by atoms with van der Waals surface area (Å²) in [4.78, 5) is 19.8. The summed E-state index contributed by atoms with van der Waals surface area (Å²) in [6, 6.07) is 38.6. The quantitative estimate of drug-likeness (QED) is 0.113. The highest BCUT2D eigenvalue weighted by Gasteiger charge is 2.31. The van der Waals surface area contributed by atoms with Crippen LogP contribution in [-0.4, -0.2) is 34.2 Å². The molecule has 0 aliphatic rings. The third kappa shape index (κ3) is 7.43. The molecule has 0 saturated heterocycles. The second-order valence-electron chi connectivity index (χ2n) is 13.2. The summed E-state index contributed by atoms with van der Waals surface area (Å²) in [7, 11) is 3.11. The molecule has 0 unspecified atom stereocenters. The molecule has 6 aromatic carbocycles. The van der Waals surface area contributed by atoms with Crippen molar-refractivity contribution >= 4 is 33.0 Å². The van der Waals surface area contributed by atoms with Gasteiger partial charge in [0.25, 0.3) is 0 Å². The highest BCUT2D eigenvalue weighted by Crippen LogP contribution is 2.42. The normalized spacial score (nSPS) is 12.4. The summed E-state index contributed by atoms with van der Waals surface area (Å²) in [5.41, 5.74) is 3.53. The lowest BCUT2D eigenvalue weighted by molar-refractivity contribution is -0.138. The number of hydrogen-bond acceptors (Lipinski definition) is 6. The molecule has 0 bridgehead atoms. The van der Waals surface area contributed by atoms with E-state index in [0.717, 1.165) is 24.3 Å². The lowest BCUT2D eigenvalue weighted by Gasteiger charge is -2.21. The molecular weight excluding hydrogens is 755 g/mol. The van der Waals surface area contributed by atoms with Crippen LogP contribution in [0.25, 0.3) is 55.7 Å². The van der Waals surface area contributed by atoms with Crippen molar-refractivity contribution in [3.63, 3.8) is 0 Å². The van der Waals surface area contributed by atoms with Gasteiger partial charge in [0.15, 0.2) is 11.6 Å². The summed E-state index contributed by atoms with van der Waals surface area (Å²) in [5, 5.41) is 1.27. The minimum atomic E-state index is -4.54. The predicted molar refractivity (Wildman–Crippen MR) is 211 cm³/mol. The molecule has 0 fully saturated rings. The number of rotatable bonds is 8. The minimum absolute atomic E-state index is 0.181. The average molecular weight is 785 g/mol. The monoisotopic (exact) mass is 784 g/mol. The maximum atomic E-state index is 13.6. The van der Waals surface area contributed by atoms with Gasteiger partial charge in [0.1, 0.15) is 11.5 Å². The molecule has 8 aromatic rings. The van der Waals surface area contributed by atoms with Crippen molar-refractivity contribution in [2.24, 2.45) is 0 Å². The van der Waals surface area contributed by atoms with Crippen LogP contribution in [0, 0.1) is 0 Å². The van der Waals surface area contributed by atoms with Crippen molar-refractivity contribution in [3.05, 3.63) is 179 Å². The van der Waals surface area contributed by atoms with Crippen molar-refractivity contribution in [1.29, 1.82) is 0 Å². The van der Waals surface area contributed by atoms with Crippen LogP contribution in [0.3, 0.4) is 0 Å². The smallest absolute Gasteiger partial charge is 0.416 e. The van der Waals surface area contributed by atoms with Gasteiger partial charge in [-0.3, -0.25) is 0 Å².